The van der Waals surface area contributed by atoms with Crippen molar-refractivity contribution < 1.29 is 14.3 Å². The van der Waals surface area contributed by atoms with E-state index in [2.05, 4.69) is 26.0 Å². The van der Waals surface area contributed by atoms with Crippen LogP contribution in [0.1, 0.15) is 30.9 Å². The molecule has 2 aromatic carbocycles. The molecule has 0 aliphatic carbocycles. The van der Waals surface area contributed by atoms with Crippen molar-refractivity contribution in [2.75, 3.05) is 7.11 Å². The molecule has 114 valence electrons. The Bertz CT molecular complexity index is 637. The second-order valence-electron chi connectivity index (χ2n) is 5.25. The van der Waals surface area contributed by atoms with Crippen LogP contribution >= 0.6 is 0 Å². The zero-order valence-corrected chi connectivity index (χ0v) is 13.1. The van der Waals surface area contributed by atoms with Crippen LogP contribution in [0, 0.1) is 0 Å². The number of hydrogen-bond acceptors (Lipinski definition) is 3. The van der Waals surface area contributed by atoms with Crippen molar-refractivity contribution in [3.63, 3.8) is 0 Å². The Morgan fingerprint density at radius 2 is 1.55 bits per heavy atom. The molecule has 0 unspecified atom stereocenters. The van der Waals surface area contributed by atoms with Crippen LogP contribution in [0.4, 0.5) is 0 Å². The summed E-state index contributed by atoms with van der Waals surface area (Å²) < 4.78 is 10.3. The van der Waals surface area contributed by atoms with E-state index >= 15 is 0 Å². The normalized spacial score (nSPS) is 10.9. The molecule has 0 radical (unpaired) electrons. The van der Waals surface area contributed by atoms with E-state index in [-0.39, 0.29) is 0 Å². The van der Waals surface area contributed by atoms with Gasteiger partial charge in [0.2, 0.25) is 0 Å². The van der Waals surface area contributed by atoms with Gasteiger partial charge >= 0.3 is 5.97 Å². The molecule has 2 aromatic rings. The second kappa shape index (κ2) is 7.46. The quantitative estimate of drug-likeness (QED) is 0.465. The van der Waals surface area contributed by atoms with Crippen LogP contribution in [0.3, 0.4) is 0 Å². The van der Waals surface area contributed by atoms with Gasteiger partial charge in [-0.15, -0.1) is 0 Å². The lowest BCUT2D eigenvalue weighted by atomic mass is 10.0. The zero-order chi connectivity index (χ0) is 15.9. The molecule has 0 fully saturated rings. The van der Waals surface area contributed by atoms with E-state index in [4.69, 9.17) is 9.47 Å². The standard InChI is InChI=1S/C19H20O3/c1-14(2)16-7-4-15(5-8-16)6-13-19(20)22-18-11-9-17(21-3)10-12-18/h4-14H,1-3H3/b13-6+. The van der Waals surface area contributed by atoms with E-state index in [1.54, 1.807) is 37.5 Å². The van der Waals surface area contributed by atoms with Crippen molar-refractivity contribution in [1.82, 2.24) is 0 Å². The van der Waals surface area contributed by atoms with Gasteiger partial charge in [0.15, 0.2) is 0 Å². The molecule has 0 aliphatic rings. The molecule has 22 heavy (non-hydrogen) atoms. The summed E-state index contributed by atoms with van der Waals surface area (Å²) in [6, 6.07) is 15.0. The van der Waals surface area contributed by atoms with Gasteiger partial charge in [-0.3, -0.25) is 0 Å². The molecule has 3 heteroatoms. The number of rotatable bonds is 5. The highest BCUT2D eigenvalue weighted by Gasteiger charge is 2.01. The largest absolute Gasteiger partial charge is 0.497 e. The SMILES string of the molecule is COc1ccc(OC(=O)/C=C/c2ccc(C(C)C)cc2)cc1. The Morgan fingerprint density at radius 1 is 0.955 bits per heavy atom. The lowest BCUT2D eigenvalue weighted by Crippen LogP contribution is -2.03. The van der Waals surface area contributed by atoms with Crippen LogP contribution in [0.15, 0.2) is 54.6 Å². The Morgan fingerprint density at radius 3 is 2.09 bits per heavy atom. The molecular formula is C19H20O3. The Kier molecular flexibility index (Phi) is 5.37. The highest BCUT2D eigenvalue weighted by atomic mass is 16.5. The van der Waals surface area contributed by atoms with E-state index in [1.165, 1.54) is 11.6 Å². The van der Waals surface area contributed by atoms with Crippen molar-refractivity contribution in [2.24, 2.45) is 0 Å². The van der Waals surface area contributed by atoms with Crippen molar-refractivity contribution in [1.29, 1.82) is 0 Å². The molecular weight excluding hydrogens is 276 g/mol. The summed E-state index contributed by atoms with van der Waals surface area (Å²) in [6.07, 6.45) is 3.17. The number of esters is 1. The molecule has 0 N–H and O–H groups in total. The summed E-state index contributed by atoms with van der Waals surface area (Å²) in [7, 11) is 1.59. The molecule has 3 nitrogen and oxygen atoms in total. The van der Waals surface area contributed by atoms with Gasteiger partial charge in [-0.25, -0.2) is 4.79 Å². The van der Waals surface area contributed by atoms with Gasteiger partial charge in [0.1, 0.15) is 11.5 Å². The van der Waals surface area contributed by atoms with E-state index in [9.17, 15) is 4.79 Å². The lowest BCUT2D eigenvalue weighted by molar-refractivity contribution is -0.128. The van der Waals surface area contributed by atoms with Gasteiger partial charge in [-0.1, -0.05) is 38.1 Å². The summed E-state index contributed by atoms with van der Waals surface area (Å²) in [6.45, 7) is 4.30. The maximum atomic E-state index is 11.8. The molecule has 0 atom stereocenters. The smallest absolute Gasteiger partial charge is 0.336 e. The van der Waals surface area contributed by atoms with Crippen molar-refractivity contribution in [3.05, 3.63) is 65.7 Å². The first-order chi connectivity index (χ1) is 10.6. The first-order valence-corrected chi connectivity index (χ1v) is 7.22. The van der Waals surface area contributed by atoms with Crippen molar-refractivity contribution >= 4 is 12.0 Å². The average Bonchev–Trinajstić information content (AvgIpc) is 2.54. The van der Waals surface area contributed by atoms with Gasteiger partial charge in [-0.2, -0.15) is 0 Å². The minimum atomic E-state index is -0.405. The molecule has 0 amide bonds. The third-order valence-corrected chi connectivity index (χ3v) is 3.29. The fourth-order valence-corrected chi connectivity index (χ4v) is 1.95. The van der Waals surface area contributed by atoms with Crippen LogP contribution < -0.4 is 9.47 Å². The second-order valence-corrected chi connectivity index (χ2v) is 5.25. The molecule has 0 spiro atoms. The number of methoxy groups -OCH3 is 1. The van der Waals surface area contributed by atoms with Crippen LogP contribution in [0.25, 0.3) is 6.08 Å². The summed E-state index contributed by atoms with van der Waals surface area (Å²) in [5, 5.41) is 0. The topological polar surface area (TPSA) is 35.5 Å². The highest BCUT2D eigenvalue weighted by molar-refractivity contribution is 5.88. The molecule has 0 aromatic heterocycles. The molecule has 0 aliphatic heterocycles. The predicted molar refractivity (Wildman–Crippen MR) is 88.2 cm³/mol. The van der Waals surface area contributed by atoms with Gasteiger partial charge in [0.25, 0.3) is 0 Å². The number of carbonyl (C=O) groups is 1. The minimum Gasteiger partial charge on any atom is -0.497 e. The van der Waals surface area contributed by atoms with Gasteiger partial charge < -0.3 is 9.47 Å². The van der Waals surface area contributed by atoms with Crippen molar-refractivity contribution in [3.8, 4) is 11.5 Å². The number of carbonyl (C=O) groups excluding carboxylic acids is 1. The van der Waals surface area contributed by atoms with Crippen molar-refractivity contribution in [2.45, 2.75) is 19.8 Å². The Hall–Kier alpha value is -2.55. The van der Waals surface area contributed by atoms with Crippen LogP contribution in [0.2, 0.25) is 0 Å². The monoisotopic (exact) mass is 296 g/mol. The van der Waals surface area contributed by atoms with Gasteiger partial charge in [0.05, 0.1) is 7.11 Å². The highest BCUT2D eigenvalue weighted by Crippen LogP contribution is 2.18. The first-order valence-electron chi connectivity index (χ1n) is 7.22. The summed E-state index contributed by atoms with van der Waals surface area (Å²) in [5.41, 5.74) is 2.24. The van der Waals surface area contributed by atoms with E-state index in [0.29, 0.717) is 11.7 Å². The maximum absolute atomic E-state index is 11.8. The fourth-order valence-electron chi connectivity index (χ4n) is 1.95. The number of hydrogen-bond donors (Lipinski definition) is 0. The number of ether oxygens (including phenoxy) is 2. The molecule has 0 saturated carbocycles. The van der Waals surface area contributed by atoms with E-state index in [1.807, 2.05) is 12.1 Å². The van der Waals surface area contributed by atoms with Crippen LogP contribution in [-0.4, -0.2) is 13.1 Å². The first kappa shape index (κ1) is 15.8. The summed E-state index contributed by atoms with van der Waals surface area (Å²) in [5.74, 6) is 1.31. The summed E-state index contributed by atoms with van der Waals surface area (Å²) in [4.78, 5) is 11.8. The third kappa shape index (κ3) is 4.48. The zero-order valence-electron chi connectivity index (χ0n) is 13.1. The Balaban J connectivity index is 1.95. The van der Waals surface area contributed by atoms with Crippen LogP contribution in [-0.2, 0) is 4.79 Å². The fraction of sp³-hybridized carbons (Fsp3) is 0.211. The van der Waals surface area contributed by atoms with Crippen LogP contribution in [0.5, 0.6) is 11.5 Å². The lowest BCUT2D eigenvalue weighted by Gasteiger charge is -2.05. The predicted octanol–water partition coefficient (Wildman–Crippen LogP) is 4.44. The minimum absolute atomic E-state index is 0.405. The molecule has 0 heterocycles. The van der Waals surface area contributed by atoms with E-state index in [0.717, 1.165) is 11.3 Å². The number of benzene rings is 2. The average molecular weight is 296 g/mol. The Labute approximate surface area is 131 Å². The summed E-state index contributed by atoms with van der Waals surface area (Å²) >= 11 is 0. The third-order valence-electron chi connectivity index (χ3n) is 3.29. The molecule has 2 rings (SSSR count). The van der Waals surface area contributed by atoms with Gasteiger partial charge in [-0.05, 0) is 47.4 Å². The van der Waals surface area contributed by atoms with E-state index < -0.39 is 5.97 Å². The molecule has 0 saturated heterocycles. The van der Waals surface area contributed by atoms with Gasteiger partial charge in [0, 0.05) is 6.08 Å². The molecule has 0 bridgehead atoms. The maximum Gasteiger partial charge on any atom is 0.336 e.